The van der Waals surface area contributed by atoms with Crippen LogP contribution in [0.2, 0.25) is 0 Å². The van der Waals surface area contributed by atoms with E-state index in [2.05, 4.69) is 0 Å². The van der Waals surface area contributed by atoms with Gasteiger partial charge in [-0.25, -0.2) is 12.8 Å². The zero-order valence-corrected chi connectivity index (χ0v) is 9.17. The molecule has 0 aromatic heterocycles. The molecule has 0 bridgehead atoms. The van der Waals surface area contributed by atoms with Crippen molar-refractivity contribution in [2.45, 2.75) is 13.0 Å². The second-order valence-corrected chi connectivity index (χ2v) is 5.63. The van der Waals surface area contributed by atoms with E-state index >= 15 is 0 Å². The highest BCUT2D eigenvalue weighted by molar-refractivity contribution is 7.91. The van der Waals surface area contributed by atoms with Crippen LogP contribution in [0.1, 0.15) is 18.6 Å². The Morgan fingerprint density at radius 1 is 1.40 bits per heavy atom. The average Bonchev–Trinajstić information content (AvgIpc) is 2.17. The summed E-state index contributed by atoms with van der Waals surface area (Å²) in [7, 11) is -3.30. The van der Waals surface area contributed by atoms with Crippen molar-refractivity contribution in [3.63, 3.8) is 0 Å². The van der Waals surface area contributed by atoms with Crippen molar-refractivity contribution in [2.75, 3.05) is 11.5 Å². The quantitative estimate of drug-likeness (QED) is 0.851. The van der Waals surface area contributed by atoms with E-state index in [0.29, 0.717) is 0 Å². The van der Waals surface area contributed by atoms with E-state index in [1.807, 2.05) is 0 Å². The third kappa shape index (κ3) is 3.28. The van der Waals surface area contributed by atoms with Crippen molar-refractivity contribution in [1.29, 1.82) is 0 Å². The van der Waals surface area contributed by atoms with Gasteiger partial charge in [0.1, 0.15) is 5.82 Å². The fourth-order valence-electron chi connectivity index (χ4n) is 1.19. The van der Waals surface area contributed by atoms with Crippen molar-refractivity contribution in [2.24, 2.45) is 0 Å². The topological polar surface area (TPSA) is 54.4 Å². The molecule has 0 unspecified atom stereocenters. The lowest BCUT2D eigenvalue weighted by molar-refractivity contribution is 0.196. The molecule has 0 amide bonds. The first kappa shape index (κ1) is 12.1. The van der Waals surface area contributed by atoms with Gasteiger partial charge in [-0.05, 0) is 6.07 Å². The summed E-state index contributed by atoms with van der Waals surface area (Å²) >= 11 is 0. The summed E-state index contributed by atoms with van der Waals surface area (Å²) in [6.45, 7) is 1.49. The minimum absolute atomic E-state index is 0.0227. The summed E-state index contributed by atoms with van der Waals surface area (Å²) in [4.78, 5) is 0. The molecule has 0 spiro atoms. The third-order valence-electron chi connectivity index (χ3n) is 2.12. The van der Waals surface area contributed by atoms with Crippen LogP contribution in [-0.4, -0.2) is 25.0 Å². The van der Waals surface area contributed by atoms with Crippen LogP contribution in [-0.2, 0) is 9.84 Å². The summed E-state index contributed by atoms with van der Waals surface area (Å²) in [6, 6.07) is 5.61. The SMILES string of the molecule is CCS(=O)(=O)C[C@@H](O)c1ccccc1F. The molecule has 0 fully saturated rings. The zero-order chi connectivity index (χ0) is 11.5. The molecule has 0 saturated carbocycles. The Balaban J connectivity index is 2.87. The second kappa shape index (κ2) is 4.72. The number of rotatable bonds is 4. The highest BCUT2D eigenvalue weighted by atomic mass is 32.2. The molecule has 1 N–H and O–H groups in total. The lowest BCUT2D eigenvalue weighted by Gasteiger charge is -2.11. The summed E-state index contributed by atoms with van der Waals surface area (Å²) in [5.41, 5.74) is 0.0227. The van der Waals surface area contributed by atoms with Gasteiger partial charge in [-0.1, -0.05) is 25.1 Å². The molecule has 5 heteroatoms. The van der Waals surface area contributed by atoms with E-state index in [1.165, 1.54) is 25.1 Å². The van der Waals surface area contributed by atoms with E-state index in [9.17, 15) is 17.9 Å². The van der Waals surface area contributed by atoms with Gasteiger partial charge in [0.15, 0.2) is 9.84 Å². The molecule has 0 aliphatic rings. The van der Waals surface area contributed by atoms with Gasteiger partial charge in [0.05, 0.1) is 11.9 Å². The maximum atomic E-state index is 13.2. The molecular formula is C10H13FO3S. The molecule has 0 heterocycles. The minimum atomic E-state index is -3.30. The largest absolute Gasteiger partial charge is 0.387 e. The Morgan fingerprint density at radius 2 is 2.00 bits per heavy atom. The number of aliphatic hydroxyl groups is 1. The van der Waals surface area contributed by atoms with Crippen molar-refractivity contribution in [3.05, 3.63) is 35.6 Å². The van der Waals surface area contributed by atoms with E-state index in [-0.39, 0.29) is 11.3 Å². The first-order chi connectivity index (χ1) is 6.96. The predicted octanol–water partition coefficient (Wildman–Crippen LogP) is 1.29. The van der Waals surface area contributed by atoms with Crippen LogP contribution in [0.15, 0.2) is 24.3 Å². The first-order valence-electron chi connectivity index (χ1n) is 4.59. The standard InChI is InChI=1S/C10H13FO3S/c1-2-15(13,14)7-10(12)8-5-3-4-6-9(8)11/h3-6,10,12H,2,7H2,1H3/t10-/m1/s1. The highest BCUT2D eigenvalue weighted by Gasteiger charge is 2.19. The Hall–Kier alpha value is -0.940. The molecule has 0 aliphatic carbocycles. The van der Waals surface area contributed by atoms with Crippen molar-refractivity contribution < 1.29 is 17.9 Å². The molecule has 0 saturated heterocycles. The van der Waals surface area contributed by atoms with Crippen LogP contribution in [0, 0.1) is 5.82 Å². The summed E-state index contributed by atoms with van der Waals surface area (Å²) in [5, 5.41) is 9.55. The summed E-state index contributed by atoms with van der Waals surface area (Å²) in [5.74, 6) is -1.08. The average molecular weight is 232 g/mol. The Kier molecular flexibility index (Phi) is 3.82. The van der Waals surface area contributed by atoms with E-state index in [1.54, 1.807) is 6.07 Å². The monoisotopic (exact) mass is 232 g/mol. The van der Waals surface area contributed by atoms with Crippen molar-refractivity contribution in [3.8, 4) is 0 Å². The second-order valence-electron chi connectivity index (χ2n) is 3.24. The van der Waals surface area contributed by atoms with Crippen LogP contribution in [0.3, 0.4) is 0 Å². The fraction of sp³-hybridized carbons (Fsp3) is 0.400. The lowest BCUT2D eigenvalue weighted by atomic mass is 10.1. The number of aliphatic hydroxyl groups excluding tert-OH is 1. The highest BCUT2D eigenvalue weighted by Crippen LogP contribution is 2.18. The molecule has 15 heavy (non-hydrogen) atoms. The lowest BCUT2D eigenvalue weighted by Crippen LogP contribution is -2.16. The van der Waals surface area contributed by atoms with Crippen LogP contribution in [0.5, 0.6) is 0 Å². The smallest absolute Gasteiger partial charge is 0.152 e. The maximum Gasteiger partial charge on any atom is 0.152 e. The van der Waals surface area contributed by atoms with Gasteiger partial charge in [0, 0.05) is 11.3 Å². The van der Waals surface area contributed by atoms with Gasteiger partial charge >= 0.3 is 0 Å². The van der Waals surface area contributed by atoms with Crippen LogP contribution in [0.4, 0.5) is 4.39 Å². The van der Waals surface area contributed by atoms with Crippen molar-refractivity contribution >= 4 is 9.84 Å². The van der Waals surface area contributed by atoms with Gasteiger partial charge in [-0.15, -0.1) is 0 Å². The molecule has 1 aromatic carbocycles. The fourth-order valence-corrected chi connectivity index (χ4v) is 2.09. The first-order valence-corrected chi connectivity index (χ1v) is 6.41. The van der Waals surface area contributed by atoms with E-state index < -0.39 is 27.5 Å². The molecule has 1 rings (SSSR count). The molecular weight excluding hydrogens is 219 g/mol. The molecule has 0 aliphatic heterocycles. The zero-order valence-electron chi connectivity index (χ0n) is 8.35. The normalized spacial score (nSPS) is 13.8. The van der Waals surface area contributed by atoms with E-state index in [4.69, 9.17) is 0 Å². The Bertz CT molecular complexity index is 428. The molecule has 84 valence electrons. The molecule has 1 atom stereocenters. The molecule has 1 aromatic rings. The number of hydrogen-bond acceptors (Lipinski definition) is 3. The van der Waals surface area contributed by atoms with E-state index in [0.717, 1.165) is 0 Å². The number of halogens is 1. The maximum absolute atomic E-state index is 13.2. The molecule has 0 radical (unpaired) electrons. The number of sulfone groups is 1. The van der Waals surface area contributed by atoms with Crippen LogP contribution in [0.25, 0.3) is 0 Å². The summed E-state index contributed by atoms with van der Waals surface area (Å²) in [6.07, 6.45) is -1.30. The number of benzene rings is 1. The van der Waals surface area contributed by atoms with Gasteiger partial charge in [-0.2, -0.15) is 0 Å². The Morgan fingerprint density at radius 3 is 2.53 bits per heavy atom. The van der Waals surface area contributed by atoms with Gasteiger partial charge in [0.2, 0.25) is 0 Å². The Labute approximate surface area is 88.5 Å². The van der Waals surface area contributed by atoms with Crippen molar-refractivity contribution in [1.82, 2.24) is 0 Å². The predicted molar refractivity (Wildman–Crippen MR) is 55.7 cm³/mol. The van der Waals surface area contributed by atoms with Gasteiger partial charge in [-0.3, -0.25) is 0 Å². The van der Waals surface area contributed by atoms with Gasteiger partial charge < -0.3 is 5.11 Å². The minimum Gasteiger partial charge on any atom is -0.387 e. The van der Waals surface area contributed by atoms with Crippen LogP contribution >= 0.6 is 0 Å². The third-order valence-corrected chi connectivity index (χ3v) is 3.82. The van der Waals surface area contributed by atoms with Crippen LogP contribution < -0.4 is 0 Å². The van der Waals surface area contributed by atoms with Gasteiger partial charge in [0.25, 0.3) is 0 Å². The number of hydrogen-bond donors (Lipinski definition) is 1. The summed E-state index contributed by atoms with van der Waals surface area (Å²) < 4.78 is 35.6. The molecule has 3 nitrogen and oxygen atoms in total.